The van der Waals surface area contributed by atoms with Gasteiger partial charge in [0.05, 0.1) is 6.10 Å². The summed E-state index contributed by atoms with van der Waals surface area (Å²) in [5.74, 6) is 1.89. The lowest BCUT2D eigenvalue weighted by molar-refractivity contribution is 0.129. The van der Waals surface area contributed by atoms with Crippen molar-refractivity contribution < 1.29 is 4.74 Å². The van der Waals surface area contributed by atoms with Crippen molar-refractivity contribution in [1.29, 1.82) is 0 Å². The van der Waals surface area contributed by atoms with Gasteiger partial charge in [-0.25, -0.2) is 9.97 Å². The highest BCUT2D eigenvalue weighted by atomic mass is 79.9. The van der Waals surface area contributed by atoms with E-state index >= 15 is 0 Å². The molecule has 0 N–H and O–H groups in total. The largest absolute Gasteiger partial charge is 0.377 e. The van der Waals surface area contributed by atoms with Crippen molar-refractivity contribution in [2.24, 2.45) is 0 Å². The van der Waals surface area contributed by atoms with E-state index in [4.69, 9.17) is 4.74 Å². The number of ether oxygens (including phenoxy) is 1. The molecule has 1 saturated heterocycles. The molecule has 1 aliphatic rings. The van der Waals surface area contributed by atoms with Crippen molar-refractivity contribution in [2.45, 2.75) is 37.3 Å². The van der Waals surface area contributed by atoms with Crippen LogP contribution in [0.5, 0.6) is 0 Å². The normalized spacial score (nSPS) is 20.2. The Morgan fingerprint density at radius 1 is 1.56 bits per heavy atom. The molecule has 0 amide bonds. The van der Waals surface area contributed by atoms with Gasteiger partial charge in [-0.05, 0) is 28.8 Å². The summed E-state index contributed by atoms with van der Waals surface area (Å²) in [6.45, 7) is 2.98. The number of rotatable bonds is 4. The molecule has 0 bridgehead atoms. The van der Waals surface area contributed by atoms with E-state index in [1.807, 2.05) is 6.07 Å². The van der Waals surface area contributed by atoms with E-state index in [1.165, 1.54) is 12.8 Å². The van der Waals surface area contributed by atoms with E-state index in [0.29, 0.717) is 6.10 Å². The molecular weight excluding hydrogens is 288 g/mol. The molecule has 88 valence electrons. The number of nitrogens with zero attached hydrogens (tertiary/aromatic N) is 2. The van der Waals surface area contributed by atoms with Crippen LogP contribution < -0.4 is 0 Å². The highest BCUT2D eigenvalue weighted by Crippen LogP contribution is 2.24. The maximum atomic E-state index is 5.59. The SMILES string of the molecule is CCc1nc(Br)cc(SCC2CCCO2)n1. The predicted molar refractivity (Wildman–Crippen MR) is 68.8 cm³/mol. The molecule has 1 unspecified atom stereocenters. The summed E-state index contributed by atoms with van der Waals surface area (Å²) in [5, 5.41) is 1.04. The lowest BCUT2D eigenvalue weighted by Gasteiger charge is -2.08. The van der Waals surface area contributed by atoms with Crippen LogP contribution in [-0.2, 0) is 11.2 Å². The Kier molecular flexibility index (Phi) is 4.61. The number of hydrogen-bond donors (Lipinski definition) is 0. The fourth-order valence-electron chi connectivity index (χ4n) is 1.63. The van der Waals surface area contributed by atoms with Gasteiger partial charge in [0, 0.05) is 24.8 Å². The van der Waals surface area contributed by atoms with Crippen molar-refractivity contribution in [2.75, 3.05) is 12.4 Å². The average molecular weight is 303 g/mol. The molecule has 0 spiro atoms. The monoisotopic (exact) mass is 302 g/mol. The van der Waals surface area contributed by atoms with Crippen LogP contribution in [-0.4, -0.2) is 28.4 Å². The predicted octanol–water partition coefficient (Wildman–Crippen LogP) is 3.07. The summed E-state index contributed by atoms with van der Waals surface area (Å²) < 4.78 is 6.46. The highest BCUT2D eigenvalue weighted by molar-refractivity contribution is 9.10. The molecule has 1 fully saturated rings. The first-order valence-corrected chi connectivity index (χ1v) is 7.33. The lowest BCUT2D eigenvalue weighted by atomic mass is 10.3. The molecule has 1 atom stereocenters. The zero-order valence-electron chi connectivity index (χ0n) is 9.28. The molecule has 3 nitrogen and oxygen atoms in total. The Bertz CT molecular complexity index is 356. The van der Waals surface area contributed by atoms with E-state index in [9.17, 15) is 0 Å². The van der Waals surface area contributed by atoms with Crippen molar-refractivity contribution in [3.63, 3.8) is 0 Å². The van der Waals surface area contributed by atoms with Crippen LogP contribution in [0.3, 0.4) is 0 Å². The second-order valence-corrected chi connectivity index (χ2v) is 5.60. The van der Waals surface area contributed by atoms with E-state index in [0.717, 1.165) is 34.2 Å². The van der Waals surface area contributed by atoms with Crippen LogP contribution >= 0.6 is 27.7 Å². The van der Waals surface area contributed by atoms with E-state index in [1.54, 1.807) is 11.8 Å². The number of halogens is 1. The Labute approximate surface area is 109 Å². The van der Waals surface area contributed by atoms with Crippen molar-refractivity contribution in [1.82, 2.24) is 9.97 Å². The second kappa shape index (κ2) is 5.98. The topological polar surface area (TPSA) is 35.0 Å². The first-order chi connectivity index (χ1) is 7.78. The van der Waals surface area contributed by atoms with Gasteiger partial charge in [-0.1, -0.05) is 6.92 Å². The molecule has 1 aliphatic heterocycles. The standard InChI is InChI=1S/C11H15BrN2OS/c1-2-10-13-9(12)6-11(14-10)16-7-8-4-3-5-15-8/h6,8H,2-5,7H2,1H3. The minimum absolute atomic E-state index is 0.406. The molecule has 1 aromatic rings. The fourth-order valence-corrected chi connectivity index (χ4v) is 3.19. The van der Waals surface area contributed by atoms with Crippen molar-refractivity contribution >= 4 is 27.7 Å². The zero-order chi connectivity index (χ0) is 11.4. The molecule has 2 heterocycles. The molecule has 0 radical (unpaired) electrons. The molecular formula is C11H15BrN2OS. The smallest absolute Gasteiger partial charge is 0.130 e. The molecule has 5 heteroatoms. The van der Waals surface area contributed by atoms with Crippen LogP contribution in [0, 0.1) is 0 Å². The maximum absolute atomic E-state index is 5.59. The minimum Gasteiger partial charge on any atom is -0.377 e. The molecule has 16 heavy (non-hydrogen) atoms. The zero-order valence-corrected chi connectivity index (χ0v) is 11.7. The summed E-state index contributed by atoms with van der Waals surface area (Å²) in [5.41, 5.74) is 0. The molecule has 2 rings (SSSR count). The van der Waals surface area contributed by atoms with Gasteiger partial charge in [-0.15, -0.1) is 11.8 Å². The van der Waals surface area contributed by atoms with Gasteiger partial charge in [-0.3, -0.25) is 0 Å². The van der Waals surface area contributed by atoms with E-state index in [2.05, 4.69) is 32.8 Å². The Balaban J connectivity index is 1.94. The molecule has 0 aromatic carbocycles. The van der Waals surface area contributed by atoms with Gasteiger partial charge in [0.1, 0.15) is 15.5 Å². The van der Waals surface area contributed by atoms with Crippen LogP contribution in [0.15, 0.2) is 15.7 Å². The Morgan fingerprint density at radius 2 is 2.44 bits per heavy atom. The summed E-state index contributed by atoms with van der Waals surface area (Å²) >= 11 is 5.17. The summed E-state index contributed by atoms with van der Waals surface area (Å²) in [6.07, 6.45) is 3.65. The number of hydrogen-bond acceptors (Lipinski definition) is 4. The highest BCUT2D eigenvalue weighted by Gasteiger charge is 2.16. The van der Waals surface area contributed by atoms with Gasteiger partial charge >= 0.3 is 0 Å². The van der Waals surface area contributed by atoms with Gasteiger partial charge in [0.2, 0.25) is 0 Å². The molecule has 0 aliphatic carbocycles. The second-order valence-electron chi connectivity index (χ2n) is 3.74. The molecule has 1 aromatic heterocycles. The third-order valence-corrected chi connectivity index (χ3v) is 3.92. The summed E-state index contributed by atoms with van der Waals surface area (Å²) in [7, 11) is 0. The van der Waals surface area contributed by atoms with Crippen molar-refractivity contribution in [3.05, 3.63) is 16.5 Å². The number of aryl methyl sites for hydroxylation is 1. The third kappa shape index (κ3) is 3.43. The Hall–Kier alpha value is -0.130. The first kappa shape index (κ1) is 12.3. The summed E-state index contributed by atoms with van der Waals surface area (Å²) in [4.78, 5) is 8.77. The summed E-state index contributed by atoms with van der Waals surface area (Å²) in [6, 6.07) is 1.97. The first-order valence-electron chi connectivity index (χ1n) is 5.56. The van der Waals surface area contributed by atoms with Crippen molar-refractivity contribution in [3.8, 4) is 0 Å². The van der Waals surface area contributed by atoms with Crippen LogP contribution in [0.25, 0.3) is 0 Å². The lowest BCUT2D eigenvalue weighted by Crippen LogP contribution is -2.08. The fraction of sp³-hybridized carbons (Fsp3) is 0.636. The quantitative estimate of drug-likeness (QED) is 0.632. The van der Waals surface area contributed by atoms with Crippen LogP contribution in [0.2, 0.25) is 0 Å². The Morgan fingerprint density at radius 3 is 3.12 bits per heavy atom. The van der Waals surface area contributed by atoms with E-state index in [-0.39, 0.29) is 0 Å². The average Bonchev–Trinajstić information content (AvgIpc) is 2.78. The number of thioether (sulfide) groups is 1. The third-order valence-electron chi connectivity index (χ3n) is 2.48. The minimum atomic E-state index is 0.406. The number of aromatic nitrogens is 2. The molecule has 0 saturated carbocycles. The van der Waals surface area contributed by atoms with Gasteiger partial charge in [-0.2, -0.15) is 0 Å². The van der Waals surface area contributed by atoms with Gasteiger partial charge in [0.25, 0.3) is 0 Å². The maximum Gasteiger partial charge on any atom is 0.130 e. The van der Waals surface area contributed by atoms with Gasteiger partial charge in [0.15, 0.2) is 0 Å². The van der Waals surface area contributed by atoms with E-state index < -0.39 is 0 Å². The van der Waals surface area contributed by atoms with Crippen LogP contribution in [0.4, 0.5) is 0 Å². The van der Waals surface area contributed by atoms with Gasteiger partial charge < -0.3 is 4.74 Å². The van der Waals surface area contributed by atoms with Crippen LogP contribution in [0.1, 0.15) is 25.6 Å².